The fraction of sp³-hybridized carbons (Fsp3) is 0.714. The summed E-state index contributed by atoms with van der Waals surface area (Å²) in [5.41, 5.74) is -1.73. The maximum atomic E-state index is 12.7. The SMILES string of the molecule is CCOC(=O)C1CCCN1S(=O)(=O)NC(C)(C)c1cc(C(F)(F)F)on1. The third-order valence-corrected chi connectivity index (χ3v) is 5.71. The van der Waals surface area contributed by atoms with Crippen molar-refractivity contribution in [2.24, 2.45) is 0 Å². The summed E-state index contributed by atoms with van der Waals surface area (Å²) in [6.07, 6.45) is -3.96. The highest BCUT2D eigenvalue weighted by atomic mass is 32.2. The Morgan fingerprint density at radius 3 is 2.65 bits per heavy atom. The van der Waals surface area contributed by atoms with Crippen molar-refractivity contribution in [3.8, 4) is 0 Å². The lowest BCUT2D eigenvalue weighted by Crippen LogP contribution is -2.52. The second-order valence-electron chi connectivity index (χ2n) is 6.33. The van der Waals surface area contributed by atoms with E-state index in [0.29, 0.717) is 18.9 Å². The number of alkyl halides is 3. The van der Waals surface area contributed by atoms with E-state index >= 15 is 0 Å². The van der Waals surface area contributed by atoms with E-state index in [9.17, 15) is 26.4 Å². The Morgan fingerprint density at radius 1 is 1.46 bits per heavy atom. The lowest BCUT2D eigenvalue weighted by Gasteiger charge is -2.29. The van der Waals surface area contributed by atoms with Gasteiger partial charge in [0.05, 0.1) is 12.1 Å². The average molecular weight is 399 g/mol. The van der Waals surface area contributed by atoms with Crippen LogP contribution >= 0.6 is 0 Å². The van der Waals surface area contributed by atoms with E-state index in [1.54, 1.807) is 6.92 Å². The molecule has 1 N–H and O–H groups in total. The molecule has 2 heterocycles. The van der Waals surface area contributed by atoms with Crippen LogP contribution in [0.15, 0.2) is 10.6 Å². The Labute approximate surface area is 148 Å². The molecule has 26 heavy (non-hydrogen) atoms. The molecule has 1 atom stereocenters. The Hall–Kier alpha value is -1.66. The van der Waals surface area contributed by atoms with Crippen LogP contribution in [-0.4, -0.2) is 43.0 Å². The number of esters is 1. The highest BCUT2D eigenvalue weighted by Crippen LogP contribution is 2.32. The molecule has 1 aliphatic rings. The third-order valence-electron chi connectivity index (χ3n) is 3.89. The molecule has 1 aromatic heterocycles. The van der Waals surface area contributed by atoms with E-state index in [1.165, 1.54) is 13.8 Å². The number of nitrogens with zero attached hydrogens (tertiary/aromatic N) is 2. The van der Waals surface area contributed by atoms with Gasteiger partial charge in [-0.05, 0) is 33.6 Å². The minimum atomic E-state index is -4.73. The molecular formula is C14H20F3N3O5S. The highest BCUT2D eigenvalue weighted by Gasteiger charge is 2.43. The van der Waals surface area contributed by atoms with Gasteiger partial charge in [-0.25, -0.2) is 0 Å². The number of carbonyl (C=O) groups excluding carboxylic acids is 1. The smallest absolute Gasteiger partial charge is 0.452 e. The molecule has 12 heteroatoms. The van der Waals surface area contributed by atoms with Gasteiger partial charge in [0, 0.05) is 12.6 Å². The summed E-state index contributed by atoms with van der Waals surface area (Å²) in [4.78, 5) is 11.9. The van der Waals surface area contributed by atoms with Crippen molar-refractivity contribution in [1.82, 2.24) is 14.2 Å². The van der Waals surface area contributed by atoms with Gasteiger partial charge in [-0.1, -0.05) is 5.16 Å². The van der Waals surface area contributed by atoms with Crippen LogP contribution in [0.25, 0.3) is 0 Å². The van der Waals surface area contributed by atoms with Crippen molar-refractivity contribution in [2.45, 2.75) is 51.4 Å². The summed E-state index contributed by atoms with van der Waals surface area (Å²) in [6, 6.07) is -0.332. The highest BCUT2D eigenvalue weighted by molar-refractivity contribution is 7.87. The molecule has 8 nitrogen and oxygen atoms in total. The lowest BCUT2D eigenvalue weighted by atomic mass is 10.0. The fourth-order valence-electron chi connectivity index (χ4n) is 2.64. The monoisotopic (exact) mass is 399 g/mol. The fourth-order valence-corrected chi connectivity index (χ4v) is 4.40. The minimum Gasteiger partial charge on any atom is -0.465 e. The predicted octanol–water partition coefficient (Wildman–Crippen LogP) is 1.79. The van der Waals surface area contributed by atoms with Gasteiger partial charge < -0.3 is 9.26 Å². The van der Waals surface area contributed by atoms with Gasteiger partial charge in [-0.15, -0.1) is 0 Å². The van der Waals surface area contributed by atoms with Gasteiger partial charge in [0.15, 0.2) is 0 Å². The molecule has 0 aliphatic carbocycles. The van der Waals surface area contributed by atoms with Gasteiger partial charge in [0.2, 0.25) is 5.76 Å². The topological polar surface area (TPSA) is 102 Å². The van der Waals surface area contributed by atoms with E-state index in [1.807, 2.05) is 0 Å². The van der Waals surface area contributed by atoms with E-state index in [-0.39, 0.29) is 18.8 Å². The van der Waals surface area contributed by atoms with Crippen LogP contribution in [0.3, 0.4) is 0 Å². The van der Waals surface area contributed by atoms with E-state index < -0.39 is 39.7 Å². The predicted molar refractivity (Wildman–Crippen MR) is 82.9 cm³/mol. The van der Waals surface area contributed by atoms with Gasteiger partial charge in [0.1, 0.15) is 11.7 Å². The van der Waals surface area contributed by atoms with Gasteiger partial charge in [0.25, 0.3) is 10.2 Å². The Kier molecular flexibility index (Phi) is 5.69. The van der Waals surface area contributed by atoms with E-state index in [0.717, 1.165) is 4.31 Å². The zero-order valence-electron chi connectivity index (χ0n) is 14.5. The van der Waals surface area contributed by atoms with Gasteiger partial charge in [-0.2, -0.15) is 30.6 Å². The van der Waals surface area contributed by atoms with Crippen molar-refractivity contribution < 1.29 is 35.6 Å². The molecule has 0 saturated carbocycles. The summed E-state index contributed by atoms with van der Waals surface area (Å²) < 4.78 is 75.7. The van der Waals surface area contributed by atoms with Crippen LogP contribution in [0.5, 0.6) is 0 Å². The van der Waals surface area contributed by atoms with Crippen molar-refractivity contribution in [1.29, 1.82) is 0 Å². The van der Waals surface area contributed by atoms with Crippen molar-refractivity contribution in [3.63, 3.8) is 0 Å². The quantitative estimate of drug-likeness (QED) is 0.732. The zero-order chi connectivity index (χ0) is 19.8. The van der Waals surface area contributed by atoms with Gasteiger partial charge >= 0.3 is 12.1 Å². The molecule has 0 bridgehead atoms. The zero-order valence-corrected chi connectivity index (χ0v) is 15.3. The van der Waals surface area contributed by atoms with E-state index in [2.05, 4.69) is 14.4 Å². The summed E-state index contributed by atoms with van der Waals surface area (Å²) in [6.45, 7) is 4.51. The second-order valence-corrected chi connectivity index (χ2v) is 7.95. The first-order valence-electron chi connectivity index (χ1n) is 7.90. The summed E-state index contributed by atoms with van der Waals surface area (Å²) in [5.74, 6) is -1.99. The van der Waals surface area contributed by atoms with Crippen molar-refractivity contribution in [3.05, 3.63) is 17.5 Å². The van der Waals surface area contributed by atoms with Crippen molar-refractivity contribution >= 4 is 16.2 Å². The molecule has 0 radical (unpaired) electrons. The number of rotatable bonds is 6. The molecule has 0 amide bonds. The van der Waals surface area contributed by atoms with Gasteiger partial charge in [-0.3, -0.25) is 4.79 Å². The lowest BCUT2D eigenvalue weighted by molar-refractivity contribution is -0.155. The average Bonchev–Trinajstić information content (AvgIpc) is 3.16. The Balaban J connectivity index is 2.21. The number of nitrogens with one attached hydrogen (secondary N) is 1. The van der Waals surface area contributed by atoms with Crippen LogP contribution in [0, 0.1) is 0 Å². The number of hydrogen-bond donors (Lipinski definition) is 1. The summed E-state index contributed by atoms with van der Waals surface area (Å²) in [5, 5.41) is 3.32. The Morgan fingerprint density at radius 2 is 2.12 bits per heavy atom. The molecule has 1 aromatic rings. The summed E-state index contributed by atoms with van der Waals surface area (Å²) in [7, 11) is -4.18. The number of halogens is 3. The van der Waals surface area contributed by atoms with Crippen LogP contribution in [0.1, 0.15) is 45.1 Å². The number of carbonyl (C=O) groups is 1. The molecular weight excluding hydrogens is 379 g/mol. The molecule has 148 valence electrons. The maximum absolute atomic E-state index is 12.7. The summed E-state index contributed by atoms with van der Waals surface area (Å²) >= 11 is 0. The molecule has 1 aliphatic heterocycles. The van der Waals surface area contributed by atoms with Crippen LogP contribution in [0.2, 0.25) is 0 Å². The van der Waals surface area contributed by atoms with Crippen LogP contribution < -0.4 is 4.72 Å². The second kappa shape index (κ2) is 7.16. The van der Waals surface area contributed by atoms with Crippen LogP contribution in [0.4, 0.5) is 13.2 Å². The maximum Gasteiger partial charge on any atom is 0.452 e. The standard InChI is InChI=1S/C14H20F3N3O5S/c1-4-24-12(21)9-6-5-7-20(9)26(22,23)19-13(2,3)10-8-11(25-18-10)14(15,16)17/h8-9,19H,4-7H2,1-3H3. The molecule has 0 aromatic carbocycles. The van der Waals surface area contributed by atoms with Crippen LogP contribution in [-0.2, 0) is 31.5 Å². The molecule has 1 fully saturated rings. The molecule has 1 unspecified atom stereocenters. The minimum absolute atomic E-state index is 0.0987. The third kappa shape index (κ3) is 4.35. The normalized spacial score (nSPS) is 19.7. The van der Waals surface area contributed by atoms with Crippen molar-refractivity contribution in [2.75, 3.05) is 13.2 Å². The largest absolute Gasteiger partial charge is 0.465 e. The first-order chi connectivity index (χ1) is 11.9. The number of hydrogen-bond acceptors (Lipinski definition) is 6. The Bertz CT molecular complexity index is 760. The number of aromatic nitrogens is 1. The molecule has 1 saturated heterocycles. The molecule has 0 spiro atoms. The number of ether oxygens (including phenoxy) is 1. The first kappa shape index (κ1) is 20.6. The van der Waals surface area contributed by atoms with E-state index in [4.69, 9.17) is 4.74 Å². The molecule has 2 rings (SSSR count). The first-order valence-corrected chi connectivity index (χ1v) is 9.34.